The molecule has 3 heterocycles. The minimum Gasteiger partial charge on any atom is -0.353 e. The van der Waals surface area contributed by atoms with E-state index in [0.717, 1.165) is 22.5 Å². The summed E-state index contributed by atoms with van der Waals surface area (Å²) in [6, 6.07) is 7.92. The van der Waals surface area contributed by atoms with E-state index >= 15 is 0 Å². The van der Waals surface area contributed by atoms with Gasteiger partial charge in [0.05, 0.1) is 11.0 Å². The van der Waals surface area contributed by atoms with Crippen molar-refractivity contribution in [3.05, 3.63) is 30.6 Å². The lowest BCUT2D eigenvalue weighted by Gasteiger charge is -2.27. The van der Waals surface area contributed by atoms with E-state index in [2.05, 4.69) is 15.1 Å². The van der Waals surface area contributed by atoms with Gasteiger partial charge in [-0.3, -0.25) is 9.20 Å². The quantitative estimate of drug-likeness (QED) is 0.667. The number of ketones is 1. The first kappa shape index (κ1) is 11.3. The standard InChI is InChI=1S/C14H13N5O/c20-10-5-7-18(8-6-10)13-14-17-15-9-19(14)12-4-2-1-3-11(12)16-13/h1-4,9H,5-8H2. The van der Waals surface area contributed by atoms with Gasteiger partial charge in [-0.15, -0.1) is 10.2 Å². The Morgan fingerprint density at radius 1 is 1.10 bits per heavy atom. The molecule has 100 valence electrons. The van der Waals surface area contributed by atoms with Crippen LogP contribution in [0.1, 0.15) is 12.8 Å². The largest absolute Gasteiger partial charge is 0.353 e. The molecule has 0 aliphatic carbocycles. The Morgan fingerprint density at radius 2 is 1.90 bits per heavy atom. The van der Waals surface area contributed by atoms with Crippen LogP contribution in [-0.4, -0.2) is 38.5 Å². The van der Waals surface area contributed by atoms with Crippen LogP contribution in [-0.2, 0) is 4.79 Å². The van der Waals surface area contributed by atoms with Crippen molar-refractivity contribution in [2.45, 2.75) is 12.8 Å². The second-order valence-electron chi connectivity index (χ2n) is 4.97. The fraction of sp³-hybridized carbons (Fsp3) is 0.286. The first-order chi connectivity index (χ1) is 9.83. The Morgan fingerprint density at radius 3 is 2.75 bits per heavy atom. The van der Waals surface area contributed by atoms with Gasteiger partial charge in [0.2, 0.25) is 5.65 Å². The Kier molecular flexibility index (Phi) is 2.42. The van der Waals surface area contributed by atoms with E-state index in [9.17, 15) is 4.79 Å². The summed E-state index contributed by atoms with van der Waals surface area (Å²) in [5, 5.41) is 8.19. The summed E-state index contributed by atoms with van der Waals surface area (Å²) in [4.78, 5) is 18.2. The van der Waals surface area contributed by atoms with Crippen molar-refractivity contribution >= 4 is 28.3 Å². The lowest BCUT2D eigenvalue weighted by Crippen LogP contribution is -2.34. The summed E-state index contributed by atoms with van der Waals surface area (Å²) < 4.78 is 1.95. The predicted octanol–water partition coefficient (Wildman–Crippen LogP) is 1.45. The lowest BCUT2D eigenvalue weighted by atomic mass is 10.1. The van der Waals surface area contributed by atoms with Crippen LogP contribution in [0.4, 0.5) is 5.82 Å². The van der Waals surface area contributed by atoms with E-state index in [1.54, 1.807) is 6.33 Å². The molecule has 1 aliphatic rings. The molecule has 3 aromatic rings. The summed E-state index contributed by atoms with van der Waals surface area (Å²) in [6.07, 6.45) is 2.86. The van der Waals surface area contributed by atoms with Crippen molar-refractivity contribution in [2.24, 2.45) is 0 Å². The number of carbonyl (C=O) groups is 1. The van der Waals surface area contributed by atoms with Gasteiger partial charge in [-0.25, -0.2) is 4.98 Å². The number of Topliss-reactive ketones (excluding diaryl/α,β-unsaturated/α-hetero) is 1. The van der Waals surface area contributed by atoms with Gasteiger partial charge in [0.1, 0.15) is 12.1 Å². The maximum absolute atomic E-state index is 11.4. The van der Waals surface area contributed by atoms with Gasteiger partial charge >= 0.3 is 0 Å². The molecule has 0 amide bonds. The maximum atomic E-state index is 11.4. The number of anilines is 1. The van der Waals surface area contributed by atoms with Crippen LogP contribution in [0.2, 0.25) is 0 Å². The molecule has 0 saturated carbocycles. The second-order valence-corrected chi connectivity index (χ2v) is 4.97. The first-order valence-electron chi connectivity index (χ1n) is 6.68. The molecule has 0 unspecified atom stereocenters. The number of fused-ring (bicyclic) bond motifs is 3. The summed E-state index contributed by atoms with van der Waals surface area (Å²) in [5.41, 5.74) is 2.65. The highest BCUT2D eigenvalue weighted by molar-refractivity contribution is 5.85. The van der Waals surface area contributed by atoms with E-state index in [1.165, 1.54) is 0 Å². The molecule has 0 bridgehead atoms. The third-order valence-corrected chi connectivity index (χ3v) is 3.74. The van der Waals surface area contributed by atoms with E-state index in [1.807, 2.05) is 28.7 Å². The molecule has 2 aromatic heterocycles. The number of rotatable bonds is 1. The third-order valence-electron chi connectivity index (χ3n) is 3.74. The van der Waals surface area contributed by atoms with Gasteiger partial charge in [-0.05, 0) is 12.1 Å². The van der Waals surface area contributed by atoms with Crippen LogP contribution >= 0.6 is 0 Å². The Bertz CT molecular complexity index is 800. The summed E-state index contributed by atoms with van der Waals surface area (Å²) in [7, 11) is 0. The Hall–Kier alpha value is -2.50. The SMILES string of the molecule is O=C1CCN(c2nc3ccccc3n3cnnc23)CC1. The van der Waals surface area contributed by atoms with E-state index in [-0.39, 0.29) is 0 Å². The van der Waals surface area contributed by atoms with Gasteiger partial charge < -0.3 is 4.90 Å². The van der Waals surface area contributed by atoms with Gasteiger partial charge in [-0.2, -0.15) is 0 Å². The number of para-hydroxylation sites is 2. The third kappa shape index (κ3) is 1.65. The minimum absolute atomic E-state index is 0.319. The smallest absolute Gasteiger partial charge is 0.204 e. The Balaban J connectivity index is 1.92. The molecule has 20 heavy (non-hydrogen) atoms. The van der Waals surface area contributed by atoms with Gasteiger partial charge in [0.25, 0.3) is 0 Å². The highest BCUT2D eigenvalue weighted by Gasteiger charge is 2.21. The number of piperidine rings is 1. The molecule has 6 nitrogen and oxygen atoms in total. The minimum atomic E-state index is 0.319. The number of carbonyl (C=O) groups excluding carboxylic acids is 1. The van der Waals surface area contributed by atoms with Gasteiger partial charge in [0, 0.05) is 25.9 Å². The maximum Gasteiger partial charge on any atom is 0.204 e. The number of aromatic nitrogens is 4. The molecule has 1 aliphatic heterocycles. The van der Waals surface area contributed by atoms with Crippen molar-refractivity contribution < 1.29 is 4.79 Å². The molecular weight excluding hydrogens is 254 g/mol. The molecule has 1 aromatic carbocycles. The van der Waals surface area contributed by atoms with Crippen LogP contribution in [0.3, 0.4) is 0 Å². The zero-order valence-corrected chi connectivity index (χ0v) is 10.9. The van der Waals surface area contributed by atoms with Crippen LogP contribution in [0.15, 0.2) is 30.6 Å². The Labute approximate surface area is 115 Å². The first-order valence-corrected chi connectivity index (χ1v) is 6.68. The van der Waals surface area contributed by atoms with Crippen molar-refractivity contribution in [2.75, 3.05) is 18.0 Å². The molecule has 0 atom stereocenters. The lowest BCUT2D eigenvalue weighted by molar-refractivity contribution is -0.119. The molecule has 1 fully saturated rings. The second kappa shape index (κ2) is 4.26. The van der Waals surface area contributed by atoms with Crippen molar-refractivity contribution in [3.63, 3.8) is 0 Å². The van der Waals surface area contributed by atoms with E-state index in [0.29, 0.717) is 31.7 Å². The predicted molar refractivity (Wildman–Crippen MR) is 74.7 cm³/mol. The molecule has 4 rings (SSSR count). The van der Waals surface area contributed by atoms with E-state index < -0.39 is 0 Å². The molecule has 1 saturated heterocycles. The highest BCUT2D eigenvalue weighted by atomic mass is 16.1. The van der Waals surface area contributed by atoms with Crippen LogP contribution < -0.4 is 4.90 Å². The molecular formula is C14H13N5O. The van der Waals surface area contributed by atoms with Crippen molar-refractivity contribution in [1.82, 2.24) is 19.6 Å². The number of benzene rings is 1. The van der Waals surface area contributed by atoms with Crippen molar-refractivity contribution in [1.29, 1.82) is 0 Å². The summed E-state index contributed by atoms with van der Waals surface area (Å²) >= 11 is 0. The fourth-order valence-corrected chi connectivity index (χ4v) is 2.67. The summed E-state index contributed by atoms with van der Waals surface area (Å²) in [5.74, 6) is 1.13. The number of hydrogen-bond acceptors (Lipinski definition) is 5. The molecule has 6 heteroatoms. The number of hydrogen-bond donors (Lipinski definition) is 0. The fourth-order valence-electron chi connectivity index (χ4n) is 2.67. The summed E-state index contributed by atoms with van der Waals surface area (Å²) in [6.45, 7) is 1.40. The van der Waals surface area contributed by atoms with Crippen LogP contribution in [0.5, 0.6) is 0 Å². The average Bonchev–Trinajstić information content (AvgIpc) is 2.97. The van der Waals surface area contributed by atoms with Crippen molar-refractivity contribution in [3.8, 4) is 0 Å². The normalized spacial score (nSPS) is 16.2. The van der Waals surface area contributed by atoms with Crippen LogP contribution in [0.25, 0.3) is 16.7 Å². The highest BCUT2D eigenvalue weighted by Crippen LogP contribution is 2.24. The topological polar surface area (TPSA) is 63.4 Å². The number of nitrogens with zero attached hydrogens (tertiary/aromatic N) is 5. The van der Waals surface area contributed by atoms with E-state index in [4.69, 9.17) is 4.98 Å². The van der Waals surface area contributed by atoms with Crippen LogP contribution in [0, 0.1) is 0 Å². The van der Waals surface area contributed by atoms with Gasteiger partial charge in [-0.1, -0.05) is 12.1 Å². The zero-order chi connectivity index (χ0) is 13.5. The zero-order valence-electron chi connectivity index (χ0n) is 10.9. The molecule has 0 radical (unpaired) electrons. The molecule has 0 N–H and O–H groups in total. The monoisotopic (exact) mass is 267 g/mol. The molecule has 0 spiro atoms. The average molecular weight is 267 g/mol. The van der Waals surface area contributed by atoms with Gasteiger partial charge in [0.15, 0.2) is 5.82 Å².